The van der Waals surface area contributed by atoms with Crippen molar-refractivity contribution in [3.63, 3.8) is 0 Å². The van der Waals surface area contributed by atoms with E-state index in [4.69, 9.17) is 4.74 Å². The van der Waals surface area contributed by atoms with Crippen LogP contribution in [0.15, 0.2) is 77.7 Å². The molecular weight excluding hydrogens is 448 g/mol. The van der Waals surface area contributed by atoms with Gasteiger partial charge in [0.2, 0.25) is 0 Å². The summed E-state index contributed by atoms with van der Waals surface area (Å²) in [5, 5.41) is 7.79. The third kappa shape index (κ3) is 5.06. The average molecular weight is 473 g/mol. The maximum atomic E-state index is 13.0. The Morgan fingerprint density at radius 3 is 2.34 bits per heavy atom. The number of para-hydroxylation sites is 1. The summed E-state index contributed by atoms with van der Waals surface area (Å²) >= 11 is 0. The average Bonchev–Trinajstić information content (AvgIpc) is 3.08. The molecule has 2 aromatic heterocycles. The molecule has 0 unspecified atom stereocenters. The van der Waals surface area contributed by atoms with Crippen molar-refractivity contribution in [1.82, 2.24) is 19.7 Å². The lowest BCUT2D eigenvalue weighted by molar-refractivity contribution is 0.102. The predicted molar refractivity (Wildman–Crippen MR) is 133 cm³/mol. The zero-order valence-electron chi connectivity index (χ0n) is 19.4. The summed E-state index contributed by atoms with van der Waals surface area (Å²) in [6, 6.07) is 18.7. The van der Waals surface area contributed by atoms with Crippen LogP contribution in [0.4, 0.5) is 16.3 Å². The Bertz CT molecular complexity index is 1420. The molecule has 0 bridgehead atoms. The lowest BCUT2D eigenvalue weighted by Crippen LogP contribution is -2.25. The number of nitrogens with one attached hydrogen (secondary N) is 3. The molecule has 2 aromatic carbocycles. The number of aromatic nitrogens is 3. The second-order valence-corrected chi connectivity index (χ2v) is 7.60. The third-order valence-electron chi connectivity index (χ3n) is 5.33. The van der Waals surface area contributed by atoms with E-state index in [1.165, 1.54) is 17.9 Å². The van der Waals surface area contributed by atoms with Gasteiger partial charge in [0.25, 0.3) is 11.5 Å². The number of amides is 3. The molecule has 0 aliphatic rings. The van der Waals surface area contributed by atoms with Crippen LogP contribution >= 0.6 is 0 Å². The highest BCUT2D eigenvalue weighted by Gasteiger charge is 2.22. The molecule has 10 nitrogen and oxygen atoms in total. The maximum Gasteiger partial charge on any atom is 0.320 e. The first-order valence-electron chi connectivity index (χ1n) is 10.8. The number of carbonyl (C=O) groups is 2. The van der Waals surface area contributed by atoms with Gasteiger partial charge in [0.1, 0.15) is 22.9 Å². The van der Waals surface area contributed by atoms with Crippen molar-refractivity contribution in [3.05, 3.63) is 94.5 Å². The highest BCUT2D eigenvalue weighted by atomic mass is 16.5. The first kappa shape index (κ1) is 23.3. The van der Waals surface area contributed by atoms with Crippen LogP contribution < -0.4 is 26.2 Å². The summed E-state index contributed by atoms with van der Waals surface area (Å²) in [5.41, 5.74) is 1.41. The second kappa shape index (κ2) is 9.96. The molecular formula is C25H24N6O4. The quantitative estimate of drug-likeness (QED) is 0.396. The van der Waals surface area contributed by atoms with Crippen molar-refractivity contribution in [2.24, 2.45) is 7.05 Å². The standard InChI is InChI=1S/C25H24N6O4/c1-16-22(24(33)31(30(16)3)18-7-5-4-6-8-18)23(32)28-17-9-11-19(12-10-17)35-20-13-14-27-21(15-20)29-25(34)26-2/h4-15H,1-3H3,(H,28,32)(H2,26,27,29,34). The molecule has 0 fully saturated rings. The van der Waals surface area contributed by atoms with Gasteiger partial charge >= 0.3 is 6.03 Å². The Balaban J connectivity index is 1.48. The van der Waals surface area contributed by atoms with E-state index in [9.17, 15) is 14.4 Å². The number of hydrogen-bond donors (Lipinski definition) is 3. The lowest BCUT2D eigenvalue weighted by Gasteiger charge is -2.09. The normalized spacial score (nSPS) is 10.5. The molecule has 0 radical (unpaired) electrons. The minimum atomic E-state index is -0.495. The summed E-state index contributed by atoms with van der Waals surface area (Å²) < 4.78 is 8.92. The Kier molecular flexibility index (Phi) is 6.63. The van der Waals surface area contributed by atoms with Gasteiger partial charge in [-0.3, -0.25) is 19.6 Å². The minimum absolute atomic E-state index is 0.0737. The van der Waals surface area contributed by atoms with Crippen molar-refractivity contribution in [2.45, 2.75) is 6.92 Å². The Morgan fingerprint density at radius 1 is 0.943 bits per heavy atom. The number of ether oxygens (including phenoxy) is 1. The van der Waals surface area contributed by atoms with Crippen molar-refractivity contribution >= 4 is 23.4 Å². The molecule has 4 aromatic rings. The molecule has 4 rings (SSSR count). The fourth-order valence-corrected chi connectivity index (χ4v) is 3.49. The van der Waals surface area contributed by atoms with Gasteiger partial charge in [0.05, 0.1) is 11.4 Å². The second-order valence-electron chi connectivity index (χ2n) is 7.60. The molecule has 0 spiro atoms. The molecule has 0 aliphatic carbocycles. The summed E-state index contributed by atoms with van der Waals surface area (Å²) in [6.45, 7) is 1.73. The Hall–Kier alpha value is -4.86. The van der Waals surface area contributed by atoms with E-state index in [0.717, 1.165) is 0 Å². The van der Waals surface area contributed by atoms with Crippen molar-refractivity contribution in [1.29, 1.82) is 0 Å². The van der Waals surface area contributed by atoms with E-state index in [0.29, 0.717) is 34.4 Å². The van der Waals surface area contributed by atoms with E-state index >= 15 is 0 Å². The van der Waals surface area contributed by atoms with Crippen LogP contribution in [-0.4, -0.2) is 33.3 Å². The number of carbonyl (C=O) groups excluding carboxylic acids is 2. The summed E-state index contributed by atoms with van der Waals surface area (Å²) in [4.78, 5) is 41.5. The fourth-order valence-electron chi connectivity index (χ4n) is 3.49. The number of urea groups is 1. The SMILES string of the molecule is CNC(=O)Nc1cc(Oc2ccc(NC(=O)c3c(C)n(C)n(-c4ccccc4)c3=O)cc2)ccn1. The van der Waals surface area contributed by atoms with Crippen LogP contribution in [0, 0.1) is 6.92 Å². The summed E-state index contributed by atoms with van der Waals surface area (Å²) in [5.74, 6) is 0.836. The van der Waals surface area contributed by atoms with Crippen LogP contribution in [0.25, 0.3) is 5.69 Å². The van der Waals surface area contributed by atoms with Crippen molar-refractivity contribution < 1.29 is 14.3 Å². The first-order chi connectivity index (χ1) is 16.9. The van der Waals surface area contributed by atoms with Crippen LogP contribution in [0.2, 0.25) is 0 Å². The number of pyridine rings is 1. The maximum absolute atomic E-state index is 13.0. The van der Waals surface area contributed by atoms with Gasteiger partial charge in [0, 0.05) is 32.0 Å². The topological polar surface area (TPSA) is 119 Å². The van der Waals surface area contributed by atoms with Gasteiger partial charge in [-0.05, 0) is 49.4 Å². The molecule has 35 heavy (non-hydrogen) atoms. The van der Waals surface area contributed by atoms with Gasteiger partial charge in [-0.15, -0.1) is 0 Å². The highest BCUT2D eigenvalue weighted by Crippen LogP contribution is 2.24. The molecule has 0 saturated heterocycles. The zero-order chi connectivity index (χ0) is 24.9. The number of rotatable bonds is 6. The number of anilines is 2. The molecule has 0 saturated carbocycles. The molecule has 0 atom stereocenters. The largest absolute Gasteiger partial charge is 0.457 e. The highest BCUT2D eigenvalue weighted by molar-refractivity contribution is 6.05. The van der Waals surface area contributed by atoms with Gasteiger partial charge < -0.3 is 15.4 Å². The van der Waals surface area contributed by atoms with Crippen LogP contribution in [0.5, 0.6) is 11.5 Å². The van der Waals surface area contributed by atoms with E-state index in [-0.39, 0.29) is 11.6 Å². The van der Waals surface area contributed by atoms with Gasteiger partial charge in [0.15, 0.2) is 0 Å². The van der Waals surface area contributed by atoms with Crippen molar-refractivity contribution in [3.8, 4) is 17.2 Å². The van der Waals surface area contributed by atoms with Gasteiger partial charge in [-0.25, -0.2) is 14.5 Å². The Morgan fingerprint density at radius 2 is 1.66 bits per heavy atom. The van der Waals surface area contributed by atoms with Crippen LogP contribution in [0.1, 0.15) is 16.1 Å². The number of nitrogens with zero attached hydrogens (tertiary/aromatic N) is 3. The van der Waals surface area contributed by atoms with E-state index in [2.05, 4.69) is 20.9 Å². The molecule has 10 heteroatoms. The smallest absolute Gasteiger partial charge is 0.320 e. The third-order valence-corrected chi connectivity index (χ3v) is 5.33. The van der Waals surface area contributed by atoms with Gasteiger partial charge in [-0.2, -0.15) is 0 Å². The van der Waals surface area contributed by atoms with E-state index < -0.39 is 11.5 Å². The number of hydrogen-bond acceptors (Lipinski definition) is 5. The summed E-state index contributed by atoms with van der Waals surface area (Å²) in [7, 11) is 3.25. The zero-order valence-corrected chi connectivity index (χ0v) is 19.4. The molecule has 0 aliphatic heterocycles. The van der Waals surface area contributed by atoms with E-state index in [1.54, 1.807) is 55.1 Å². The minimum Gasteiger partial charge on any atom is -0.457 e. The van der Waals surface area contributed by atoms with Crippen LogP contribution in [-0.2, 0) is 7.05 Å². The van der Waals surface area contributed by atoms with Gasteiger partial charge in [-0.1, -0.05) is 18.2 Å². The fraction of sp³-hybridized carbons (Fsp3) is 0.120. The molecule has 2 heterocycles. The molecule has 178 valence electrons. The van der Waals surface area contributed by atoms with E-state index in [1.807, 2.05) is 30.3 Å². The first-order valence-corrected chi connectivity index (χ1v) is 10.8. The molecule has 3 amide bonds. The molecule has 3 N–H and O–H groups in total. The lowest BCUT2D eigenvalue weighted by atomic mass is 10.2. The number of benzene rings is 2. The Labute approximate surface area is 201 Å². The van der Waals surface area contributed by atoms with Crippen LogP contribution in [0.3, 0.4) is 0 Å². The monoisotopic (exact) mass is 472 g/mol. The summed E-state index contributed by atoms with van der Waals surface area (Å²) in [6.07, 6.45) is 1.51. The van der Waals surface area contributed by atoms with Crippen molar-refractivity contribution in [2.75, 3.05) is 17.7 Å². The predicted octanol–water partition coefficient (Wildman–Crippen LogP) is 3.68.